The second-order valence-corrected chi connectivity index (χ2v) is 3.92. The third-order valence-corrected chi connectivity index (χ3v) is 2.79. The van der Waals surface area contributed by atoms with Gasteiger partial charge in [0.1, 0.15) is 12.6 Å². The number of aldehydes is 2. The summed E-state index contributed by atoms with van der Waals surface area (Å²) in [5, 5.41) is 3.95. The summed E-state index contributed by atoms with van der Waals surface area (Å²) in [6.07, 6.45) is 1.51. The van der Waals surface area contributed by atoms with Gasteiger partial charge < -0.3 is 0 Å². The van der Waals surface area contributed by atoms with Crippen LogP contribution in [-0.4, -0.2) is 12.6 Å². The topological polar surface area (TPSA) is 34.1 Å². The van der Waals surface area contributed by atoms with Crippen LogP contribution in [0.1, 0.15) is 20.7 Å². The van der Waals surface area contributed by atoms with Crippen molar-refractivity contribution in [3.05, 3.63) is 46.2 Å². The number of carbonyl (C=O) groups excluding carboxylic acids is 2. The van der Waals surface area contributed by atoms with E-state index in [0.717, 1.165) is 23.7 Å². The van der Waals surface area contributed by atoms with Gasteiger partial charge in [0.05, 0.1) is 0 Å². The van der Waals surface area contributed by atoms with Crippen LogP contribution in [0.4, 0.5) is 0 Å². The molecular weight excluding hydrogens is 208 g/mol. The Morgan fingerprint density at radius 3 is 2.07 bits per heavy atom. The molecule has 15 heavy (non-hydrogen) atoms. The largest absolute Gasteiger partial charge is 0.298 e. The van der Waals surface area contributed by atoms with Crippen LogP contribution in [0.15, 0.2) is 35.0 Å². The summed E-state index contributed by atoms with van der Waals surface area (Å²) >= 11 is 1.58. The molecule has 0 amide bonds. The van der Waals surface area contributed by atoms with Crippen molar-refractivity contribution in [1.29, 1.82) is 0 Å². The lowest BCUT2D eigenvalue weighted by Crippen LogP contribution is -1.87. The molecule has 0 spiro atoms. The molecule has 0 fully saturated rings. The van der Waals surface area contributed by atoms with Crippen LogP contribution in [0.25, 0.3) is 11.1 Å². The number of benzene rings is 1. The Labute approximate surface area is 91.2 Å². The predicted octanol–water partition coefficient (Wildman–Crippen LogP) is 3.04. The molecule has 1 heterocycles. The van der Waals surface area contributed by atoms with Gasteiger partial charge in [-0.1, -0.05) is 0 Å². The van der Waals surface area contributed by atoms with Crippen LogP contribution in [0, 0.1) is 0 Å². The van der Waals surface area contributed by atoms with Gasteiger partial charge in [0.2, 0.25) is 0 Å². The predicted molar refractivity (Wildman–Crippen MR) is 60.5 cm³/mol. The van der Waals surface area contributed by atoms with Crippen molar-refractivity contribution in [3.8, 4) is 11.1 Å². The molecule has 3 heteroatoms. The number of carbonyl (C=O) groups is 2. The molecule has 74 valence electrons. The molecule has 2 aromatic rings. The lowest BCUT2D eigenvalue weighted by Gasteiger charge is -2.00. The van der Waals surface area contributed by atoms with Crippen molar-refractivity contribution in [2.75, 3.05) is 0 Å². The summed E-state index contributed by atoms with van der Waals surface area (Å²) < 4.78 is 0. The smallest absolute Gasteiger partial charge is 0.150 e. The first kappa shape index (κ1) is 9.80. The normalized spacial score (nSPS) is 9.87. The molecular formula is C12H8O2S. The Bertz CT molecular complexity index is 460. The molecule has 0 aliphatic carbocycles. The van der Waals surface area contributed by atoms with Crippen LogP contribution in [0.2, 0.25) is 0 Å². The summed E-state index contributed by atoms with van der Waals surface area (Å²) in [6, 6.07) is 7.10. The molecule has 2 rings (SSSR count). The Morgan fingerprint density at radius 1 is 0.933 bits per heavy atom. The van der Waals surface area contributed by atoms with Crippen LogP contribution in [-0.2, 0) is 0 Å². The maximum atomic E-state index is 10.7. The standard InChI is InChI=1S/C12H8O2S/c13-6-9-3-10(7-14)5-12(4-9)11-1-2-15-8-11/h1-8H. The minimum Gasteiger partial charge on any atom is -0.298 e. The van der Waals surface area contributed by atoms with Gasteiger partial charge in [0.15, 0.2) is 0 Å². The van der Waals surface area contributed by atoms with Gasteiger partial charge in [-0.05, 0) is 46.2 Å². The van der Waals surface area contributed by atoms with E-state index in [4.69, 9.17) is 0 Å². The third-order valence-electron chi connectivity index (χ3n) is 2.10. The van der Waals surface area contributed by atoms with Gasteiger partial charge in [0, 0.05) is 11.1 Å². The van der Waals surface area contributed by atoms with E-state index in [0.29, 0.717) is 11.1 Å². The van der Waals surface area contributed by atoms with Crippen molar-refractivity contribution in [1.82, 2.24) is 0 Å². The molecule has 1 aromatic carbocycles. The van der Waals surface area contributed by atoms with E-state index in [1.807, 2.05) is 16.8 Å². The maximum Gasteiger partial charge on any atom is 0.150 e. The van der Waals surface area contributed by atoms with Gasteiger partial charge in [0.25, 0.3) is 0 Å². The SMILES string of the molecule is O=Cc1cc(C=O)cc(-c2ccsc2)c1. The zero-order chi connectivity index (χ0) is 10.7. The van der Waals surface area contributed by atoms with Gasteiger partial charge in [-0.15, -0.1) is 0 Å². The Kier molecular flexibility index (Phi) is 2.74. The summed E-state index contributed by atoms with van der Waals surface area (Å²) in [7, 11) is 0. The maximum absolute atomic E-state index is 10.7. The minimum atomic E-state index is 0.529. The molecule has 1 aromatic heterocycles. The molecule has 0 saturated heterocycles. The first-order valence-corrected chi connectivity index (χ1v) is 5.36. The molecule has 0 bridgehead atoms. The van der Waals surface area contributed by atoms with Crippen molar-refractivity contribution >= 4 is 23.9 Å². The first-order chi connectivity index (χ1) is 7.33. The highest BCUT2D eigenvalue weighted by Crippen LogP contribution is 2.23. The molecule has 0 saturated carbocycles. The quantitative estimate of drug-likeness (QED) is 0.739. The fourth-order valence-corrected chi connectivity index (χ4v) is 2.07. The Balaban J connectivity index is 2.56. The number of hydrogen-bond donors (Lipinski definition) is 0. The highest BCUT2D eigenvalue weighted by molar-refractivity contribution is 7.08. The minimum absolute atomic E-state index is 0.529. The van der Waals surface area contributed by atoms with Gasteiger partial charge >= 0.3 is 0 Å². The van der Waals surface area contributed by atoms with E-state index in [9.17, 15) is 9.59 Å². The van der Waals surface area contributed by atoms with Crippen molar-refractivity contribution < 1.29 is 9.59 Å². The van der Waals surface area contributed by atoms with E-state index in [1.165, 1.54) is 0 Å². The molecule has 2 nitrogen and oxygen atoms in total. The molecule has 0 atom stereocenters. The highest BCUT2D eigenvalue weighted by atomic mass is 32.1. The molecule has 0 radical (unpaired) electrons. The lowest BCUT2D eigenvalue weighted by molar-refractivity contribution is 0.112. The van der Waals surface area contributed by atoms with Crippen LogP contribution < -0.4 is 0 Å². The first-order valence-electron chi connectivity index (χ1n) is 4.41. The lowest BCUT2D eigenvalue weighted by atomic mass is 10.0. The van der Waals surface area contributed by atoms with E-state index >= 15 is 0 Å². The third kappa shape index (κ3) is 2.02. The Morgan fingerprint density at radius 2 is 1.60 bits per heavy atom. The number of hydrogen-bond acceptors (Lipinski definition) is 3. The highest BCUT2D eigenvalue weighted by Gasteiger charge is 2.02. The zero-order valence-corrected chi connectivity index (χ0v) is 8.66. The van der Waals surface area contributed by atoms with Crippen molar-refractivity contribution in [2.24, 2.45) is 0 Å². The summed E-state index contributed by atoms with van der Waals surface area (Å²) in [6.45, 7) is 0. The number of thiophene rings is 1. The van der Waals surface area contributed by atoms with Crippen LogP contribution in [0.3, 0.4) is 0 Å². The fraction of sp³-hybridized carbons (Fsp3) is 0. The van der Waals surface area contributed by atoms with Gasteiger partial charge in [-0.25, -0.2) is 0 Å². The van der Waals surface area contributed by atoms with E-state index in [2.05, 4.69) is 0 Å². The zero-order valence-electron chi connectivity index (χ0n) is 7.84. The van der Waals surface area contributed by atoms with E-state index < -0.39 is 0 Å². The summed E-state index contributed by atoms with van der Waals surface area (Å²) in [4.78, 5) is 21.4. The summed E-state index contributed by atoms with van der Waals surface area (Å²) in [5.41, 5.74) is 3.00. The Hall–Kier alpha value is -1.74. The fourth-order valence-electron chi connectivity index (χ4n) is 1.41. The van der Waals surface area contributed by atoms with Gasteiger partial charge in [-0.3, -0.25) is 9.59 Å². The van der Waals surface area contributed by atoms with Gasteiger partial charge in [-0.2, -0.15) is 11.3 Å². The molecule has 0 N–H and O–H groups in total. The molecule has 0 aliphatic rings. The molecule has 0 aliphatic heterocycles. The van der Waals surface area contributed by atoms with Crippen LogP contribution >= 0.6 is 11.3 Å². The second kappa shape index (κ2) is 4.19. The second-order valence-electron chi connectivity index (χ2n) is 3.14. The van der Waals surface area contributed by atoms with E-state index in [1.54, 1.807) is 29.5 Å². The average molecular weight is 216 g/mol. The average Bonchev–Trinajstić information content (AvgIpc) is 2.81. The molecule has 0 unspecified atom stereocenters. The summed E-state index contributed by atoms with van der Waals surface area (Å²) in [5.74, 6) is 0. The van der Waals surface area contributed by atoms with Crippen molar-refractivity contribution in [2.45, 2.75) is 0 Å². The van der Waals surface area contributed by atoms with E-state index in [-0.39, 0.29) is 0 Å². The van der Waals surface area contributed by atoms with Crippen molar-refractivity contribution in [3.63, 3.8) is 0 Å². The van der Waals surface area contributed by atoms with Crippen LogP contribution in [0.5, 0.6) is 0 Å². The monoisotopic (exact) mass is 216 g/mol. The number of rotatable bonds is 3.